The molecular weight excluding hydrogens is 188 g/mol. The number of rotatable bonds is 0. The van der Waals surface area contributed by atoms with E-state index in [0.717, 1.165) is 0 Å². The Kier molecular flexibility index (Phi) is 2.15. The van der Waals surface area contributed by atoms with Gasteiger partial charge in [-0.2, -0.15) is 0 Å². The topological polar surface area (TPSA) is 0 Å². The van der Waals surface area contributed by atoms with Crippen LogP contribution in [0.15, 0.2) is 24.3 Å². The van der Waals surface area contributed by atoms with Gasteiger partial charge >= 0.3 is 0 Å². The maximum Gasteiger partial charge on any atom is 0.0345 e. The fraction of sp³-hybridized carbons (Fsp3) is 0.385. The quantitative estimate of drug-likeness (QED) is 0.592. The van der Waals surface area contributed by atoms with Gasteiger partial charge in [0.25, 0.3) is 0 Å². The summed E-state index contributed by atoms with van der Waals surface area (Å²) in [6.07, 6.45) is 0. The first-order valence-corrected chi connectivity index (χ1v) is 5.79. The molecule has 0 radical (unpaired) electrons. The Morgan fingerprint density at radius 3 is 2.43 bits per heavy atom. The highest BCUT2D eigenvalue weighted by Gasteiger charge is 2.13. The summed E-state index contributed by atoms with van der Waals surface area (Å²) < 4.78 is 1.40. The van der Waals surface area contributed by atoms with E-state index in [4.69, 9.17) is 0 Å². The summed E-state index contributed by atoms with van der Waals surface area (Å²) in [7, 11) is 0. The van der Waals surface area contributed by atoms with Gasteiger partial charge in [-0.1, -0.05) is 26.8 Å². The third kappa shape index (κ3) is 1.69. The second-order valence-corrected chi connectivity index (χ2v) is 6.15. The van der Waals surface area contributed by atoms with E-state index in [1.54, 1.807) is 0 Å². The molecule has 0 amide bonds. The standard InChI is InChI=1S/C13H16S/c1-9-7-10-8-11(13(2,3)4)5-6-12(10)14-9/h5-8H,1-4H3. The molecule has 2 aromatic rings. The highest BCUT2D eigenvalue weighted by molar-refractivity contribution is 7.19. The third-order valence-corrected chi connectivity index (χ3v) is 3.54. The van der Waals surface area contributed by atoms with Crippen LogP contribution in [-0.4, -0.2) is 0 Å². The van der Waals surface area contributed by atoms with Crippen LogP contribution in [0.5, 0.6) is 0 Å². The molecule has 2 rings (SSSR count). The zero-order chi connectivity index (χ0) is 10.3. The van der Waals surface area contributed by atoms with Gasteiger partial charge in [-0.3, -0.25) is 0 Å². The molecule has 0 aliphatic carbocycles. The maximum atomic E-state index is 2.32. The average Bonchev–Trinajstić information content (AvgIpc) is 2.41. The molecule has 0 saturated carbocycles. The number of hydrogen-bond donors (Lipinski definition) is 0. The third-order valence-electron chi connectivity index (χ3n) is 2.51. The van der Waals surface area contributed by atoms with Crippen LogP contribution < -0.4 is 0 Å². The number of hydrogen-bond acceptors (Lipinski definition) is 1. The number of aryl methyl sites for hydroxylation is 1. The lowest BCUT2D eigenvalue weighted by atomic mass is 9.87. The summed E-state index contributed by atoms with van der Waals surface area (Å²) >= 11 is 1.87. The minimum absolute atomic E-state index is 0.254. The Morgan fingerprint density at radius 2 is 1.79 bits per heavy atom. The van der Waals surface area contributed by atoms with E-state index >= 15 is 0 Å². The van der Waals surface area contributed by atoms with E-state index in [9.17, 15) is 0 Å². The van der Waals surface area contributed by atoms with E-state index in [1.165, 1.54) is 20.5 Å². The zero-order valence-electron chi connectivity index (χ0n) is 9.22. The predicted octanol–water partition coefficient (Wildman–Crippen LogP) is 4.51. The lowest BCUT2D eigenvalue weighted by Gasteiger charge is -2.18. The van der Waals surface area contributed by atoms with Gasteiger partial charge in [0.15, 0.2) is 0 Å². The molecule has 1 aromatic heterocycles. The number of thiophene rings is 1. The van der Waals surface area contributed by atoms with E-state index in [1.807, 2.05) is 11.3 Å². The minimum Gasteiger partial charge on any atom is -0.141 e. The molecule has 1 heteroatoms. The predicted molar refractivity (Wildman–Crippen MR) is 65.3 cm³/mol. The van der Waals surface area contributed by atoms with Crippen LogP contribution in [0, 0.1) is 6.92 Å². The molecule has 0 saturated heterocycles. The van der Waals surface area contributed by atoms with Crippen molar-refractivity contribution in [2.45, 2.75) is 33.1 Å². The van der Waals surface area contributed by atoms with Crippen molar-refractivity contribution < 1.29 is 0 Å². The molecule has 0 aliphatic heterocycles. The SMILES string of the molecule is Cc1cc2cc(C(C)(C)C)ccc2s1. The van der Waals surface area contributed by atoms with Gasteiger partial charge in [0, 0.05) is 9.58 Å². The summed E-state index contributed by atoms with van der Waals surface area (Å²) in [5.41, 5.74) is 1.67. The molecule has 14 heavy (non-hydrogen) atoms. The van der Waals surface area contributed by atoms with E-state index in [-0.39, 0.29) is 5.41 Å². The molecule has 74 valence electrons. The molecule has 0 spiro atoms. The van der Waals surface area contributed by atoms with Crippen molar-refractivity contribution in [1.29, 1.82) is 0 Å². The monoisotopic (exact) mass is 204 g/mol. The summed E-state index contributed by atoms with van der Waals surface area (Å²) in [4.78, 5) is 1.39. The minimum atomic E-state index is 0.254. The molecule has 0 nitrogen and oxygen atoms in total. The van der Waals surface area contributed by atoms with Crippen molar-refractivity contribution in [2.24, 2.45) is 0 Å². The summed E-state index contributed by atoms with van der Waals surface area (Å²) in [6, 6.07) is 9.08. The second kappa shape index (κ2) is 3.09. The van der Waals surface area contributed by atoms with Crippen LogP contribution in [0.1, 0.15) is 31.2 Å². The smallest absolute Gasteiger partial charge is 0.0345 e. The van der Waals surface area contributed by atoms with Crippen molar-refractivity contribution in [3.8, 4) is 0 Å². The van der Waals surface area contributed by atoms with Gasteiger partial charge in [0.2, 0.25) is 0 Å². The molecule has 0 unspecified atom stereocenters. The van der Waals surface area contributed by atoms with Gasteiger partial charge in [0.1, 0.15) is 0 Å². The lowest BCUT2D eigenvalue weighted by molar-refractivity contribution is 0.591. The van der Waals surface area contributed by atoms with Crippen LogP contribution in [0.25, 0.3) is 10.1 Å². The molecule has 0 fully saturated rings. The van der Waals surface area contributed by atoms with Crippen LogP contribution in [0.2, 0.25) is 0 Å². The molecule has 1 aromatic carbocycles. The molecule has 0 atom stereocenters. The Labute approximate surface area is 89.6 Å². The molecule has 0 bridgehead atoms. The summed E-state index contributed by atoms with van der Waals surface area (Å²) in [6.45, 7) is 8.94. The van der Waals surface area contributed by atoms with E-state index in [0.29, 0.717) is 0 Å². The highest BCUT2D eigenvalue weighted by atomic mass is 32.1. The second-order valence-electron chi connectivity index (χ2n) is 4.86. The fourth-order valence-electron chi connectivity index (χ4n) is 1.64. The molecule has 0 aliphatic rings. The van der Waals surface area contributed by atoms with Crippen molar-refractivity contribution in [3.05, 3.63) is 34.7 Å². The number of benzene rings is 1. The van der Waals surface area contributed by atoms with Gasteiger partial charge in [-0.15, -0.1) is 11.3 Å². The molecule has 0 N–H and O–H groups in total. The largest absolute Gasteiger partial charge is 0.141 e. The summed E-state index contributed by atoms with van der Waals surface area (Å²) in [5.74, 6) is 0. The average molecular weight is 204 g/mol. The number of fused-ring (bicyclic) bond motifs is 1. The first-order valence-electron chi connectivity index (χ1n) is 4.97. The Morgan fingerprint density at radius 1 is 1.07 bits per heavy atom. The Balaban J connectivity index is 2.62. The van der Waals surface area contributed by atoms with Crippen molar-refractivity contribution in [2.75, 3.05) is 0 Å². The van der Waals surface area contributed by atoms with E-state index in [2.05, 4.69) is 52.0 Å². The molecule has 1 heterocycles. The van der Waals surface area contributed by atoms with E-state index < -0.39 is 0 Å². The zero-order valence-corrected chi connectivity index (χ0v) is 10.0. The highest BCUT2D eigenvalue weighted by Crippen LogP contribution is 2.30. The van der Waals surface area contributed by atoms with Crippen LogP contribution in [0.3, 0.4) is 0 Å². The van der Waals surface area contributed by atoms with Crippen LogP contribution in [-0.2, 0) is 5.41 Å². The molecular formula is C13H16S. The summed E-state index contributed by atoms with van der Waals surface area (Å²) in [5, 5.41) is 1.39. The van der Waals surface area contributed by atoms with Gasteiger partial charge < -0.3 is 0 Å². The first-order chi connectivity index (χ1) is 6.47. The van der Waals surface area contributed by atoms with Crippen molar-refractivity contribution in [1.82, 2.24) is 0 Å². The maximum absolute atomic E-state index is 2.32. The normalized spacial score (nSPS) is 12.3. The van der Waals surface area contributed by atoms with Crippen molar-refractivity contribution >= 4 is 21.4 Å². The van der Waals surface area contributed by atoms with Crippen LogP contribution in [0.4, 0.5) is 0 Å². The van der Waals surface area contributed by atoms with Crippen LogP contribution >= 0.6 is 11.3 Å². The lowest BCUT2D eigenvalue weighted by Crippen LogP contribution is -2.10. The van der Waals surface area contributed by atoms with Gasteiger partial charge in [-0.05, 0) is 41.5 Å². The Bertz CT molecular complexity index is 458. The van der Waals surface area contributed by atoms with Crippen molar-refractivity contribution in [3.63, 3.8) is 0 Å². The van der Waals surface area contributed by atoms with Gasteiger partial charge in [-0.25, -0.2) is 0 Å². The Hall–Kier alpha value is -0.820. The van der Waals surface area contributed by atoms with Gasteiger partial charge in [0.05, 0.1) is 0 Å². The fourth-order valence-corrected chi connectivity index (χ4v) is 2.55. The first kappa shape index (κ1) is 9.72.